The van der Waals surface area contributed by atoms with E-state index in [-0.39, 0.29) is 18.0 Å². The summed E-state index contributed by atoms with van der Waals surface area (Å²) in [4.78, 5) is 11.7. The number of aryl methyl sites for hydroxylation is 1. The fraction of sp³-hybridized carbons (Fsp3) is 0.381. The number of esters is 1. The Morgan fingerprint density at radius 2 is 1.93 bits per heavy atom. The molecule has 4 nitrogen and oxygen atoms in total. The van der Waals surface area contributed by atoms with Crippen LogP contribution in [0.15, 0.2) is 40.9 Å². The van der Waals surface area contributed by atoms with Gasteiger partial charge in [0, 0.05) is 11.4 Å². The van der Waals surface area contributed by atoms with E-state index in [1.54, 1.807) is 12.1 Å². The Labute approximate surface area is 173 Å². The fourth-order valence-electron chi connectivity index (χ4n) is 2.72. The SMILES string of the molecule is COC(=O)C(C)c1ccc(OCCC(C)Oc2ccc(Cl)cc2Br)cc1C. The van der Waals surface area contributed by atoms with Gasteiger partial charge in [0.25, 0.3) is 0 Å². The lowest BCUT2D eigenvalue weighted by Gasteiger charge is -2.17. The minimum absolute atomic E-state index is 0.0119. The van der Waals surface area contributed by atoms with Crippen LogP contribution in [0.2, 0.25) is 5.02 Å². The van der Waals surface area contributed by atoms with Gasteiger partial charge in [-0.2, -0.15) is 0 Å². The number of methoxy groups -OCH3 is 1. The van der Waals surface area contributed by atoms with Gasteiger partial charge in [0.15, 0.2) is 0 Å². The summed E-state index contributed by atoms with van der Waals surface area (Å²) in [6.07, 6.45) is 0.719. The van der Waals surface area contributed by atoms with Gasteiger partial charge in [-0.3, -0.25) is 4.79 Å². The van der Waals surface area contributed by atoms with Crippen LogP contribution in [0.25, 0.3) is 0 Å². The fourth-order valence-corrected chi connectivity index (χ4v) is 3.49. The first-order valence-electron chi connectivity index (χ1n) is 8.74. The molecular weight excluding hydrogens is 432 g/mol. The Balaban J connectivity index is 1.87. The van der Waals surface area contributed by atoms with E-state index in [2.05, 4.69) is 15.9 Å². The molecule has 0 fully saturated rings. The molecule has 2 aromatic carbocycles. The van der Waals surface area contributed by atoms with Gasteiger partial charge in [-0.25, -0.2) is 0 Å². The number of carbonyl (C=O) groups excluding carboxylic acids is 1. The predicted octanol–water partition coefficient (Wildman–Crippen LogP) is 5.92. The number of hydrogen-bond donors (Lipinski definition) is 0. The lowest BCUT2D eigenvalue weighted by molar-refractivity contribution is -0.142. The van der Waals surface area contributed by atoms with Crippen molar-refractivity contribution >= 4 is 33.5 Å². The average molecular weight is 456 g/mol. The third-order valence-corrected chi connectivity index (χ3v) is 5.13. The van der Waals surface area contributed by atoms with Gasteiger partial charge in [0.2, 0.25) is 0 Å². The highest BCUT2D eigenvalue weighted by molar-refractivity contribution is 9.10. The zero-order valence-electron chi connectivity index (χ0n) is 15.9. The summed E-state index contributed by atoms with van der Waals surface area (Å²) in [5.41, 5.74) is 1.94. The zero-order chi connectivity index (χ0) is 20.0. The molecular formula is C21H24BrClO4. The van der Waals surface area contributed by atoms with Gasteiger partial charge < -0.3 is 14.2 Å². The van der Waals surface area contributed by atoms with Crippen molar-refractivity contribution in [1.29, 1.82) is 0 Å². The molecule has 0 aromatic heterocycles. The van der Waals surface area contributed by atoms with Crippen molar-refractivity contribution in [2.75, 3.05) is 13.7 Å². The minimum atomic E-state index is -0.296. The smallest absolute Gasteiger partial charge is 0.312 e. The van der Waals surface area contributed by atoms with E-state index in [4.69, 9.17) is 25.8 Å². The second kappa shape index (κ2) is 10.00. The van der Waals surface area contributed by atoms with E-state index >= 15 is 0 Å². The highest BCUT2D eigenvalue weighted by Crippen LogP contribution is 2.29. The Hall–Kier alpha value is -1.72. The molecule has 146 valence electrons. The van der Waals surface area contributed by atoms with Crippen LogP contribution < -0.4 is 9.47 Å². The molecule has 2 atom stereocenters. The molecule has 6 heteroatoms. The molecule has 0 heterocycles. The summed E-state index contributed by atoms with van der Waals surface area (Å²) in [6, 6.07) is 11.2. The largest absolute Gasteiger partial charge is 0.493 e. The molecule has 2 rings (SSSR count). The van der Waals surface area contributed by atoms with Crippen LogP contribution in [0.1, 0.15) is 37.3 Å². The first-order valence-corrected chi connectivity index (χ1v) is 9.91. The van der Waals surface area contributed by atoms with Crippen molar-refractivity contribution in [3.05, 3.63) is 57.0 Å². The van der Waals surface area contributed by atoms with Crippen LogP contribution in [0.5, 0.6) is 11.5 Å². The topological polar surface area (TPSA) is 44.8 Å². The Morgan fingerprint density at radius 3 is 2.56 bits per heavy atom. The van der Waals surface area contributed by atoms with Crippen LogP contribution >= 0.6 is 27.5 Å². The lowest BCUT2D eigenvalue weighted by atomic mass is 9.96. The second-order valence-corrected chi connectivity index (χ2v) is 7.69. The van der Waals surface area contributed by atoms with Crippen LogP contribution in [0.3, 0.4) is 0 Å². The summed E-state index contributed by atoms with van der Waals surface area (Å²) >= 11 is 9.39. The summed E-state index contributed by atoms with van der Waals surface area (Å²) in [5.74, 6) is 0.985. The van der Waals surface area contributed by atoms with E-state index in [1.807, 2.05) is 45.0 Å². The van der Waals surface area contributed by atoms with E-state index < -0.39 is 0 Å². The van der Waals surface area contributed by atoms with E-state index in [1.165, 1.54) is 7.11 Å². The Morgan fingerprint density at radius 1 is 1.19 bits per heavy atom. The summed E-state index contributed by atoms with van der Waals surface area (Å²) < 4.78 is 17.4. The number of rotatable bonds is 8. The van der Waals surface area contributed by atoms with Gasteiger partial charge in [-0.15, -0.1) is 0 Å². The molecule has 0 spiro atoms. The maximum absolute atomic E-state index is 11.7. The zero-order valence-corrected chi connectivity index (χ0v) is 18.3. The minimum Gasteiger partial charge on any atom is -0.493 e. The van der Waals surface area contributed by atoms with Gasteiger partial charge in [0.05, 0.1) is 30.2 Å². The van der Waals surface area contributed by atoms with Gasteiger partial charge in [-0.05, 0) is 78.2 Å². The van der Waals surface area contributed by atoms with Crippen LogP contribution in [0.4, 0.5) is 0 Å². The highest BCUT2D eigenvalue weighted by atomic mass is 79.9. The number of ether oxygens (including phenoxy) is 3. The van der Waals surface area contributed by atoms with Crippen molar-refractivity contribution in [3.8, 4) is 11.5 Å². The number of hydrogen-bond acceptors (Lipinski definition) is 4. The molecule has 0 saturated carbocycles. The number of carbonyl (C=O) groups is 1. The van der Waals surface area contributed by atoms with Crippen LogP contribution in [-0.4, -0.2) is 25.8 Å². The van der Waals surface area contributed by atoms with Crippen molar-refractivity contribution in [1.82, 2.24) is 0 Å². The third kappa shape index (κ3) is 6.15. The molecule has 0 saturated heterocycles. The van der Waals surface area contributed by atoms with E-state index in [0.29, 0.717) is 11.6 Å². The molecule has 2 unspecified atom stereocenters. The van der Waals surface area contributed by atoms with Gasteiger partial charge >= 0.3 is 5.97 Å². The average Bonchev–Trinajstić information content (AvgIpc) is 2.63. The molecule has 27 heavy (non-hydrogen) atoms. The third-order valence-electron chi connectivity index (χ3n) is 4.28. The molecule has 0 N–H and O–H groups in total. The first-order chi connectivity index (χ1) is 12.8. The summed E-state index contributed by atoms with van der Waals surface area (Å²) in [7, 11) is 1.40. The van der Waals surface area contributed by atoms with Crippen LogP contribution in [0, 0.1) is 6.92 Å². The normalized spacial score (nSPS) is 13.0. The van der Waals surface area contributed by atoms with Crippen molar-refractivity contribution < 1.29 is 19.0 Å². The quantitative estimate of drug-likeness (QED) is 0.463. The molecule has 2 aromatic rings. The molecule has 0 aliphatic rings. The number of halogens is 2. The van der Waals surface area contributed by atoms with Crippen molar-refractivity contribution in [2.24, 2.45) is 0 Å². The second-order valence-electron chi connectivity index (χ2n) is 6.40. The molecule has 0 amide bonds. The standard InChI is InChI=1S/C21H24BrClO4/c1-13-11-17(6-7-18(13)15(3)21(24)25-4)26-10-9-14(2)27-20-8-5-16(23)12-19(20)22/h5-8,11-12,14-15H,9-10H2,1-4H3. The highest BCUT2D eigenvalue weighted by Gasteiger charge is 2.18. The molecule has 0 aliphatic heterocycles. The van der Waals surface area contributed by atoms with Crippen molar-refractivity contribution in [2.45, 2.75) is 39.2 Å². The molecule has 0 aliphatic carbocycles. The molecule has 0 bridgehead atoms. The van der Waals surface area contributed by atoms with E-state index in [0.717, 1.165) is 33.5 Å². The van der Waals surface area contributed by atoms with Crippen molar-refractivity contribution in [3.63, 3.8) is 0 Å². The maximum Gasteiger partial charge on any atom is 0.312 e. The van der Waals surface area contributed by atoms with Gasteiger partial charge in [0.1, 0.15) is 11.5 Å². The Bertz CT molecular complexity index is 794. The first kappa shape index (κ1) is 21.6. The predicted molar refractivity (Wildman–Crippen MR) is 111 cm³/mol. The van der Waals surface area contributed by atoms with Gasteiger partial charge in [-0.1, -0.05) is 17.7 Å². The van der Waals surface area contributed by atoms with Crippen LogP contribution in [-0.2, 0) is 9.53 Å². The summed E-state index contributed by atoms with van der Waals surface area (Å²) in [5, 5.41) is 0.658. The van der Waals surface area contributed by atoms with E-state index in [9.17, 15) is 4.79 Å². The lowest BCUT2D eigenvalue weighted by Crippen LogP contribution is -2.16. The number of benzene rings is 2. The summed E-state index contributed by atoms with van der Waals surface area (Å²) in [6.45, 7) is 6.32. The Kier molecular flexibility index (Phi) is 7.99. The maximum atomic E-state index is 11.7. The molecule has 0 radical (unpaired) electrons. The monoisotopic (exact) mass is 454 g/mol.